The SMILES string of the molecule is CCCN(CCC)CCC.Cl.Cl.Cl.Cl.Cl. The molecule has 0 aromatic rings. The van der Waals surface area contributed by atoms with Crippen molar-refractivity contribution in [1.82, 2.24) is 4.90 Å². The van der Waals surface area contributed by atoms with Crippen LogP contribution in [0.3, 0.4) is 0 Å². The van der Waals surface area contributed by atoms with Crippen molar-refractivity contribution in [2.75, 3.05) is 19.6 Å². The maximum Gasteiger partial charge on any atom is -0.00214 e. The zero-order valence-electron chi connectivity index (χ0n) is 9.73. The maximum atomic E-state index is 2.54. The van der Waals surface area contributed by atoms with Crippen LogP contribution in [0.1, 0.15) is 40.0 Å². The van der Waals surface area contributed by atoms with Crippen LogP contribution in [-0.4, -0.2) is 24.5 Å². The quantitative estimate of drug-likeness (QED) is 0.688. The minimum absolute atomic E-state index is 0. The lowest BCUT2D eigenvalue weighted by molar-refractivity contribution is 0.275. The van der Waals surface area contributed by atoms with Crippen LogP contribution >= 0.6 is 62.0 Å². The molecule has 0 aliphatic carbocycles. The van der Waals surface area contributed by atoms with Gasteiger partial charge in [0.2, 0.25) is 0 Å². The Kier molecular flexibility index (Phi) is 70.8. The van der Waals surface area contributed by atoms with Gasteiger partial charge in [0.1, 0.15) is 0 Å². The second kappa shape index (κ2) is 29.5. The average Bonchev–Trinajstić information content (AvgIpc) is 1.90. The van der Waals surface area contributed by atoms with Gasteiger partial charge in [0.25, 0.3) is 0 Å². The summed E-state index contributed by atoms with van der Waals surface area (Å²) in [6.45, 7) is 10.6. The van der Waals surface area contributed by atoms with Gasteiger partial charge in [-0.25, -0.2) is 0 Å². The largest absolute Gasteiger partial charge is 0.303 e. The van der Waals surface area contributed by atoms with E-state index >= 15 is 0 Å². The molecule has 0 aliphatic rings. The van der Waals surface area contributed by atoms with Crippen molar-refractivity contribution in [2.24, 2.45) is 0 Å². The van der Waals surface area contributed by atoms with Gasteiger partial charge in [-0.15, -0.1) is 62.0 Å². The van der Waals surface area contributed by atoms with E-state index in [9.17, 15) is 0 Å². The molecular weight excluding hydrogens is 299 g/mol. The second-order valence-electron chi connectivity index (χ2n) is 2.84. The lowest BCUT2D eigenvalue weighted by Crippen LogP contribution is -2.25. The number of rotatable bonds is 6. The van der Waals surface area contributed by atoms with Crippen molar-refractivity contribution in [3.8, 4) is 0 Å². The first-order valence-electron chi connectivity index (χ1n) is 4.57. The molecule has 0 N–H and O–H groups in total. The zero-order valence-corrected chi connectivity index (χ0v) is 13.8. The first-order chi connectivity index (χ1) is 4.85. The van der Waals surface area contributed by atoms with Gasteiger partial charge in [0, 0.05) is 0 Å². The van der Waals surface area contributed by atoms with Gasteiger partial charge < -0.3 is 4.90 Å². The van der Waals surface area contributed by atoms with Crippen LogP contribution in [-0.2, 0) is 0 Å². The standard InChI is InChI=1S/C9H21N.5ClH/c1-4-7-10(8-5-2)9-6-3;;;;;/h4-9H2,1-3H3;5*1H. The molecule has 0 radical (unpaired) electrons. The monoisotopic (exact) mass is 323 g/mol. The maximum absolute atomic E-state index is 2.54. The molecule has 0 aromatic carbocycles. The fourth-order valence-corrected chi connectivity index (χ4v) is 1.28. The van der Waals surface area contributed by atoms with Crippen molar-refractivity contribution < 1.29 is 0 Å². The van der Waals surface area contributed by atoms with Gasteiger partial charge in [-0.05, 0) is 38.9 Å². The summed E-state index contributed by atoms with van der Waals surface area (Å²) in [5.41, 5.74) is 0. The first-order valence-corrected chi connectivity index (χ1v) is 4.57. The minimum atomic E-state index is 0. The Labute approximate surface area is 126 Å². The minimum Gasteiger partial charge on any atom is -0.303 e. The Bertz CT molecular complexity index is 61.3. The normalized spacial score (nSPS) is 7.20. The molecule has 0 atom stereocenters. The summed E-state index contributed by atoms with van der Waals surface area (Å²) in [5.74, 6) is 0. The van der Waals surface area contributed by atoms with Crippen molar-refractivity contribution in [3.63, 3.8) is 0 Å². The van der Waals surface area contributed by atoms with Gasteiger partial charge >= 0.3 is 0 Å². The van der Waals surface area contributed by atoms with E-state index in [0.717, 1.165) is 0 Å². The third kappa shape index (κ3) is 25.6. The Morgan fingerprint density at radius 3 is 0.867 bits per heavy atom. The summed E-state index contributed by atoms with van der Waals surface area (Å²) < 4.78 is 0. The third-order valence-corrected chi connectivity index (χ3v) is 1.62. The van der Waals surface area contributed by atoms with Crippen LogP contribution in [0.15, 0.2) is 0 Å². The fourth-order valence-electron chi connectivity index (χ4n) is 1.28. The predicted octanol–water partition coefficient (Wildman–Crippen LogP) is 4.63. The van der Waals surface area contributed by atoms with Gasteiger partial charge in [0.05, 0.1) is 0 Å². The summed E-state index contributed by atoms with van der Waals surface area (Å²) >= 11 is 0. The lowest BCUT2D eigenvalue weighted by atomic mass is 10.3. The summed E-state index contributed by atoms with van der Waals surface area (Å²) in [5, 5.41) is 0. The molecule has 1 nitrogen and oxygen atoms in total. The van der Waals surface area contributed by atoms with Crippen molar-refractivity contribution in [2.45, 2.75) is 40.0 Å². The van der Waals surface area contributed by atoms with E-state index in [0.29, 0.717) is 0 Å². The van der Waals surface area contributed by atoms with Crippen LogP contribution in [0.5, 0.6) is 0 Å². The molecule has 0 heterocycles. The van der Waals surface area contributed by atoms with E-state index in [1.54, 1.807) is 0 Å². The van der Waals surface area contributed by atoms with Crippen LogP contribution in [0, 0.1) is 0 Å². The van der Waals surface area contributed by atoms with Crippen LogP contribution in [0.4, 0.5) is 0 Å². The molecule has 0 rings (SSSR count). The lowest BCUT2D eigenvalue weighted by Gasteiger charge is -2.19. The van der Waals surface area contributed by atoms with Gasteiger partial charge in [-0.2, -0.15) is 0 Å². The molecule has 0 saturated carbocycles. The summed E-state index contributed by atoms with van der Waals surface area (Å²) in [7, 11) is 0. The molecule has 15 heavy (non-hydrogen) atoms. The third-order valence-electron chi connectivity index (χ3n) is 1.62. The van der Waals surface area contributed by atoms with E-state index in [2.05, 4.69) is 25.7 Å². The smallest absolute Gasteiger partial charge is 0.00214 e. The highest BCUT2D eigenvalue weighted by Gasteiger charge is 1.98. The summed E-state index contributed by atoms with van der Waals surface area (Å²) in [6.07, 6.45) is 3.88. The van der Waals surface area contributed by atoms with Crippen molar-refractivity contribution in [1.29, 1.82) is 0 Å². The first kappa shape index (κ1) is 36.0. The molecule has 102 valence electrons. The molecule has 6 heteroatoms. The Hall–Kier alpha value is 1.41. The molecule has 0 aromatic heterocycles. The predicted molar refractivity (Wildman–Crippen MR) is 83.6 cm³/mol. The molecule has 0 spiro atoms. The van der Waals surface area contributed by atoms with Crippen LogP contribution < -0.4 is 0 Å². The fraction of sp³-hybridized carbons (Fsp3) is 1.00. The molecule has 0 bridgehead atoms. The average molecular weight is 326 g/mol. The molecule has 0 unspecified atom stereocenters. The van der Waals surface area contributed by atoms with E-state index in [1.165, 1.54) is 38.9 Å². The van der Waals surface area contributed by atoms with Crippen molar-refractivity contribution in [3.05, 3.63) is 0 Å². The highest BCUT2D eigenvalue weighted by Crippen LogP contribution is 1.94. The Morgan fingerprint density at radius 1 is 0.533 bits per heavy atom. The summed E-state index contributed by atoms with van der Waals surface area (Å²) in [4.78, 5) is 2.54. The zero-order chi connectivity index (χ0) is 7.82. The number of hydrogen-bond donors (Lipinski definition) is 0. The van der Waals surface area contributed by atoms with Gasteiger partial charge in [-0.1, -0.05) is 20.8 Å². The highest BCUT2D eigenvalue weighted by atomic mass is 35.5. The van der Waals surface area contributed by atoms with Crippen LogP contribution in [0.2, 0.25) is 0 Å². The van der Waals surface area contributed by atoms with E-state index in [4.69, 9.17) is 0 Å². The van der Waals surface area contributed by atoms with Crippen molar-refractivity contribution >= 4 is 62.0 Å². The summed E-state index contributed by atoms with van der Waals surface area (Å²) in [6, 6.07) is 0. The van der Waals surface area contributed by atoms with Gasteiger partial charge in [0.15, 0.2) is 0 Å². The Morgan fingerprint density at radius 2 is 0.733 bits per heavy atom. The molecule has 0 saturated heterocycles. The second-order valence-corrected chi connectivity index (χ2v) is 2.84. The number of halogens is 5. The number of nitrogens with zero attached hydrogens (tertiary/aromatic N) is 1. The topological polar surface area (TPSA) is 3.24 Å². The molecule has 0 amide bonds. The van der Waals surface area contributed by atoms with Crippen LogP contribution in [0.25, 0.3) is 0 Å². The van der Waals surface area contributed by atoms with Gasteiger partial charge in [-0.3, -0.25) is 0 Å². The highest BCUT2D eigenvalue weighted by molar-refractivity contribution is 5.86. The molecule has 0 aliphatic heterocycles. The molecule has 0 fully saturated rings. The van der Waals surface area contributed by atoms with E-state index < -0.39 is 0 Å². The van der Waals surface area contributed by atoms with E-state index in [1.807, 2.05) is 0 Å². The van der Waals surface area contributed by atoms with E-state index in [-0.39, 0.29) is 62.0 Å². The molecular formula is C9H26Cl5N. The number of hydrogen-bond acceptors (Lipinski definition) is 1. The Balaban J connectivity index is -0.0000000405.